The zero-order valence-corrected chi connectivity index (χ0v) is 8.66. The van der Waals surface area contributed by atoms with Gasteiger partial charge in [0.25, 0.3) is 0 Å². The van der Waals surface area contributed by atoms with Crippen molar-refractivity contribution in [1.29, 1.82) is 0 Å². The van der Waals surface area contributed by atoms with Crippen molar-refractivity contribution >= 4 is 12.0 Å². The van der Waals surface area contributed by atoms with Crippen LogP contribution < -0.4 is 5.32 Å². The number of nitrogens with one attached hydrogen (secondary N) is 1. The maximum Gasteiger partial charge on any atom is 0.243 e. The molecule has 1 aromatic carbocycles. The highest BCUT2D eigenvalue weighted by atomic mass is 19.1. The van der Waals surface area contributed by atoms with Gasteiger partial charge in [-0.3, -0.25) is 4.79 Å². The number of benzene rings is 1. The van der Waals surface area contributed by atoms with E-state index in [1.807, 2.05) is 6.92 Å². The first kappa shape index (κ1) is 11.4. The van der Waals surface area contributed by atoms with E-state index in [1.165, 1.54) is 18.2 Å². The number of rotatable bonds is 4. The van der Waals surface area contributed by atoms with E-state index in [9.17, 15) is 9.18 Å². The van der Waals surface area contributed by atoms with Crippen molar-refractivity contribution in [3.63, 3.8) is 0 Å². The molecule has 0 aliphatic heterocycles. The molecule has 0 fully saturated rings. The molecule has 0 saturated heterocycles. The smallest absolute Gasteiger partial charge is 0.243 e. The Balaban J connectivity index is 2.53. The monoisotopic (exact) mass is 207 g/mol. The lowest BCUT2D eigenvalue weighted by molar-refractivity contribution is -0.116. The molecular formula is C12H14FNO. The normalized spacial score (nSPS) is 10.5. The van der Waals surface area contributed by atoms with Crippen LogP contribution in [0.4, 0.5) is 4.39 Å². The highest BCUT2D eigenvalue weighted by Crippen LogP contribution is 2.04. The molecule has 15 heavy (non-hydrogen) atoms. The van der Waals surface area contributed by atoms with Gasteiger partial charge in [0.1, 0.15) is 5.82 Å². The fourth-order valence-corrected chi connectivity index (χ4v) is 1.09. The Kier molecular flexibility index (Phi) is 4.54. The van der Waals surface area contributed by atoms with Gasteiger partial charge in [-0.05, 0) is 30.2 Å². The minimum absolute atomic E-state index is 0.152. The van der Waals surface area contributed by atoms with Gasteiger partial charge in [0.2, 0.25) is 5.91 Å². The molecular weight excluding hydrogens is 193 g/mol. The molecule has 0 aliphatic rings. The summed E-state index contributed by atoms with van der Waals surface area (Å²) >= 11 is 0. The van der Waals surface area contributed by atoms with E-state index in [4.69, 9.17) is 0 Å². The van der Waals surface area contributed by atoms with Gasteiger partial charge < -0.3 is 5.32 Å². The minimum Gasteiger partial charge on any atom is -0.353 e. The van der Waals surface area contributed by atoms with E-state index in [-0.39, 0.29) is 11.7 Å². The van der Waals surface area contributed by atoms with Crippen LogP contribution in [0.5, 0.6) is 0 Å². The van der Waals surface area contributed by atoms with E-state index >= 15 is 0 Å². The average Bonchev–Trinajstić information content (AvgIpc) is 2.23. The standard InChI is InChI=1S/C12H14FNO/c1-2-8-14-12(15)7-6-10-4-3-5-11(13)9-10/h3-7,9H,2,8H2,1H3,(H,14,15)/b7-6-. The summed E-state index contributed by atoms with van der Waals surface area (Å²) < 4.78 is 12.8. The van der Waals surface area contributed by atoms with Gasteiger partial charge in [0.05, 0.1) is 0 Å². The second-order valence-corrected chi connectivity index (χ2v) is 3.18. The van der Waals surface area contributed by atoms with Crippen molar-refractivity contribution in [1.82, 2.24) is 5.32 Å². The number of amides is 1. The number of halogens is 1. The fourth-order valence-electron chi connectivity index (χ4n) is 1.09. The Hall–Kier alpha value is -1.64. The van der Waals surface area contributed by atoms with Crippen LogP contribution in [0.2, 0.25) is 0 Å². The molecule has 0 heterocycles. The van der Waals surface area contributed by atoms with Gasteiger partial charge in [0.15, 0.2) is 0 Å². The summed E-state index contributed by atoms with van der Waals surface area (Å²) in [5.74, 6) is -0.452. The highest BCUT2D eigenvalue weighted by Gasteiger charge is 1.94. The van der Waals surface area contributed by atoms with Crippen molar-refractivity contribution in [3.05, 3.63) is 41.7 Å². The zero-order valence-electron chi connectivity index (χ0n) is 8.66. The van der Waals surface area contributed by atoms with Gasteiger partial charge in [-0.15, -0.1) is 0 Å². The number of hydrogen-bond acceptors (Lipinski definition) is 1. The topological polar surface area (TPSA) is 29.1 Å². The van der Waals surface area contributed by atoms with Gasteiger partial charge in [-0.1, -0.05) is 19.1 Å². The minimum atomic E-state index is -0.300. The molecule has 0 unspecified atom stereocenters. The van der Waals surface area contributed by atoms with Gasteiger partial charge in [-0.2, -0.15) is 0 Å². The van der Waals surface area contributed by atoms with Crippen LogP contribution in [0.15, 0.2) is 30.3 Å². The molecule has 1 amide bonds. The summed E-state index contributed by atoms with van der Waals surface area (Å²) in [6.45, 7) is 2.64. The first-order chi connectivity index (χ1) is 7.22. The third kappa shape index (κ3) is 4.40. The van der Waals surface area contributed by atoms with E-state index < -0.39 is 0 Å². The summed E-state index contributed by atoms with van der Waals surface area (Å²) in [4.78, 5) is 11.2. The SMILES string of the molecule is CCCNC(=O)/C=C\c1cccc(F)c1. The van der Waals surface area contributed by atoms with Gasteiger partial charge >= 0.3 is 0 Å². The van der Waals surface area contributed by atoms with Crippen LogP contribution in [0.25, 0.3) is 6.08 Å². The van der Waals surface area contributed by atoms with Crippen LogP contribution in [-0.4, -0.2) is 12.5 Å². The fraction of sp³-hybridized carbons (Fsp3) is 0.250. The van der Waals surface area contributed by atoms with Crippen molar-refractivity contribution in [3.8, 4) is 0 Å². The molecule has 3 heteroatoms. The lowest BCUT2D eigenvalue weighted by Gasteiger charge is -1.97. The molecule has 0 atom stereocenters. The predicted octanol–water partition coefficient (Wildman–Crippen LogP) is 2.37. The summed E-state index contributed by atoms with van der Waals surface area (Å²) in [6, 6.07) is 6.10. The molecule has 1 aromatic rings. The second-order valence-electron chi connectivity index (χ2n) is 3.18. The molecule has 0 saturated carbocycles. The van der Waals surface area contributed by atoms with Crippen molar-refractivity contribution in [2.75, 3.05) is 6.54 Å². The molecule has 80 valence electrons. The van der Waals surface area contributed by atoms with Crippen molar-refractivity contribution in [2.45, 2.75) is 13.3 Å². The van der Waals surface area contributed by atoms with Crippen molar-refractivity contribution < 1.29 is 9.18 Å². The molecule has 0 bridgehead atoms. The predicted molar refractivity (Wildman–Crippen MR) is 58.7 cm³/mol. The van der Waals surface area contributed by atoms with Crippen molar-refractivity contribution in [2.24, 2.45) is 0 Å². The van der Waals surface area contributed by atoms with Crippen LogP contribution in [0, 0.1) is 5.82 Å². The third-order valence-electron chi connectivity index (χ3n) is 1.83. The first-order valence-corrected chi connectivity index (χ1v) is 4.94. The Bertz CT molecular complexity index is 360. The van der Waals surface area contributed by atoms with Crippen LogP contribution in [0.1, 0.15) is 18.9 Å². The van der Waals surface area contributed by atoms with Crippen LogP contribution in [0.3, 0.4) is 0 Å². The van der Waals surface area contributed by atoms with Gasteiger partial charge in [0, 0.05) is 12.6 Å². The van der Waals surface area contributed by atoms with E-state index in [2.05, 4.69) is 5.32 Å². The maximum atomic E-state index is 12.8. The van der Waals surface area contributed by atoms with Crippen LogP contribution in [-0.2, 0) is 4.79 Å². The molecule has 1 rings (SSSR count). The zero-order chi connectivity index (χ0) is 11.1. The van der Waals surface area contributed by atoms with Gasteiger partial charge in [-0.25, -0.2) is 4.39 Å². The Morgan fingerprint density at radius 2 is 2.33 bits per heavy atom. The summed E-state index contributed by atoms with van der Waals surface area (Å²) in [7, 11) is 0. The molecule has 0 aliphatic carbocycles. The molecule has 0 spiro atoms. The van der Waals surface area contributed by atoms with Crippen LogP contribution >= 0.6 is 0 Å². The lowest BCUT2D eigenvalue weighted by Crippen LogP contribution is -2.21. The van der Waals surface area contributed by atoms with E-state index in [0.29, 0.717) is 12.1 Å². The number of hydrogen-bond donors (Lipinski definition) is 1. The number of carbonyl (C=O) groups is 1. The molecule has 0 radical (unpaired) electrons. The second kappa shape index (κ2) is 5.96. The summed E-state index contributed by atoms with van der Waals surface area (Å²) in [5, 5.41) is 2.70. The highest BCUT2D eigenvalue weighted by molar-refractivity contribution is 5.91. The molecule has 0 aromatic heterocycles. The number of carbonyl (C=O) groups excluding carboxylic acids is 1. The van der Waals surface area contributed by atoms with E-state index in [0.717, 1.165) is 6.42 Å². The summed E-state index contributed by atoms with van der Waals surface area (Å²) in [5.41, 5.74) is 0.682. The molecule has 1 N–H and O–H groups in total. The average molecular weight is 207 g/mol. The maximum absolute atomic E-state index is 12.8. The lowest BCUT2D eigenvalue weighted by atomic mass is 10.2. The summed E-state index contributed by atoms with van der Waals surface area (Å²) in [6.07, 6.45) is 3.90. The van der Waals surface area contributed by atoms with E-state index in [1.54, 1.807) is 18.2 Å². The Morgan fingerprint density at radius 1 is 1.53 bits per heavy atom. The first-order valence-electron chi connectivity index (χ1n) is 4.94. The quantitative estimate of drug-likeness (QED) is 0.754. The third-order valence-corrected chi connectivity index (χ3v) is 1.83. The largest absolute Gasteiger partial charge is 0.353 e. The Morgan fingerprint density at radius 3 is 3.00 bits per heavy atom. The molecule has 2 nitrogen and oxygen atoms in total. The Labute approximate surface area is 88.8 Å².